The van der Waals surface area contributed by atoms with Gasteiger partial charge in [0, 0.05) is 0 Å². The van der Waals surface area contributed by atoms with Gasteiger partial charge in [-0.05, 0) is 39.6 Å². The number of aliphatic imine (C=N–C) groups is 1. The van der Waals surface area contributed by atoms with Crippen LogP contribution in [-0.4, -0.2) is 25.3 Å². The SMILES string of the molecule is C=NC1(C)CCNCC1. The zero-order chi connectivity index (χ0) is 6.74. The lowest BCUT2D eigenvalue weighted by atomic mass is 9.92. The van der Waals surface area contributed by atoms with Crippen LogP contribution in [0.2, 0.25) is 0 Å². The average molecular weight is 126 g/mol. The molecule has 52 valence electrons. The van der Waals surface area contributed by atoms with E-state index in [1.54, 1.807) is 0 Å². The number of rotatable bonds is 1. The van der Waals surface area contributed by atoms with Crippen molar-refractivity contribution in [2.75, 3.05) is 13.1 Å². The Labute approximate surface area is 56.4 Å². The minimum Gasteiger partial charge on any atom is -0.317 e. The van der Waals surface area contributed by atoms with Gasteiger partial charge < -0.3 is 5.32 Å². The van der Waals surface area contributed by atoms with Crippen LogP contribution >= 0.6 is 0 Å². The third-order valence-corrected chi connectivity index (χ3v) is 2.06. The fraction of sp³-hybridized carbons (Fsp3) is 0.857. The van der Waals surface area contributed by atoms with E-state index in [9.17, 15) is 0 Å². The standard InChI is InChI=1S/C7H14N2/c1-7(8-2)3-5-9-6-4-7/h9H,2-6H2,1H3. The monoisotopic (exact) mass is 126 g/mol. The first-order chi connectivity index (χ1) is 4.27. The van der Waals surface area contributed by atoms with Crippen LogP contribution in [0, 0.1) is 0 Å². The summed E-state index contributed by atoms with van der Waals surface area (Å²) in [5, 5.41) is 3.29. The highest BCUT2D eigenvalue weighted by molar-refractivity contribution is 5.26. The van der Waals surface area contributed by atoms with Gasteiger partial charge in [-0.1, -0.05) is 0 Å². The van der Waals surface area contributed by atoms with Gasteiger partial charge in [-0.15, -0.1) is 0 Å². The highest BCUT2D eigenvalue weighted by atomic mass is 14.9. The molecule has 1 saturated heterocycles. The molecule has 1 rings (SSSR count). The predicted molar refractivity (Wildman–Crippen MR) is 40.1 cm³/mol. The van der Waals surface area contributed by atoms with Crippen molar-refractivity contribution in [3.8, 4) is 0 Å². The molecule has 1 aliphatic heterocycles. The predicted octanol–water partition coefficient (Wildman–Crippen LogP) is 0.829. The molecule has 0 atom stereocenters. The van der Waals surface area contributed by atoms with Gasteiger partial charge in [-0.3, -0.25) is 4.99 Å². The smallest absolute Gasteiger partial charge is 0.0597 e. The number of nitrogens with zero attached hydrogens (tertiary/aromatic N) is 1. The lowest BCUT2D eigenvalue weighted by Gasteiger charge is -2.29. The van der Waals surface area contributed by atoms with E-state index >= 15 is 0 Å². The summed E-state index contributed by atoms with van der Waals surface area (Å²) in [7, 11) is 0. The van der Waals surface area contributed by atoms with Crippen LogP contribution in [0.3, 0.4) is 0 Å². The number of nitrogens with one attached hydrogen (secondary N) is 1. The molecule has 0 bridgehead atoms. The molecule has 0 aromatic carbocycles. The summed E-state index contributed by atoms with van der Waals surface area (Å²) in [5.74, 6) is 0. The molecule has 0 saturated carbocycles. The second kappa shape index (κ2) is 2.48. The lowest BCUT2D eigenvalue weighted by Crippen LogP contribution is -2.37. The molecule has 0 amide bonds. The Morgan fingerprint density at radius 3 is 2.33 bits per heavy atom. The Kier molecular flexibility index (Phi) is 1.86. The lowest BCUT2D eigenvalue weighted by molar-refractivity contribution is 0.342. The van der Waals surface area contributed by atoms with Crippen molar-refractivity contribution in [2.45, 2.75) is 25.3 Å². The number of hydrogen-bond donors (Lipinski definition) is 1. The van der Waals surface area contributed by atoms with Gasteiger partial charge >= 0.3 is 0 Å². The van der Waals surface area contributed by atoms with Gasteiger partial charge in [0.1, 0.15) is 0 Å². The third-order valence-electron chi connectivity index (χ3n) is 2.06. The van der Waals surface area contributed by atoms with E-state index < -0.39 is 0 Å². The van der Waals surface area contributed by atoms with Gasteiger partial charge in [0.15, 0.2) is 0 Å². The first kappa shape index (κ1) is 6.75. The quantitative estimate of drug-likeness (QED) is 0.517. The maximum Gasteiger partial charge on any atom is 0.0597 e. The minimum atomic E-state index is 0.172. The zero-order valence-electron chi connectivity index (χ0n) is 5.98. The molecule has 2 heteroatoms. The molecule has 1 fully saturated rings. The van der Waals surface area contributed by atoms with Gasteiger partial charge in [0.05, 0.1) is 5.54 Å². The first-order valence-electron chi connectivity index (χ1n) is 3.45. The zero-order valence-corrected chi connectivity index (χ0v) is 5.98. The van der Waals surface area contributed by atoms with E-state index in [2.05, 4.69) is 24.0 Å². The maximum atomic E-state index is 4.09. The third kappa shape index (κ3) is 1.52. The summed E-state index contributed by atoms with van der Waals surface area (Å²) in [6.07, 6.45) is 2.27. The van der Waals surface area contributed by atoms with E-state index in [0.717, 1.165) is 25.9 Å². The van der Waals surface area contributed by atoms with Gasteiger partial charge in [-0.25, -0.2) is 0 Å². The number of piperidine rings is 1. The van der Waals surface area contributed by atoms with Crippen LogP contribution in [0.25, 0.3) is 0 Å². The van der Waals surface area contributed by atoms with Crippen LogP contribution in [0.5, 0.6) is 0 Å². The summed E-state index contributed by atoms with van der Waals surface area (Å²) in [6, 6.07) is 0. The fourth-order valence-corrected chi connectivity index (χ4v) is 1.12. The van der Waals surface area contributed by atoms with Crippen LogP contribution < -0.4 is 5.32 Å². The Bertz CT molecular complexity index is 103. The van der Waals surface area contributed by atoms with Crippen molar-refractivity contribution >= 4 is 6.72 Å². The van der Waals surface area contributed by atoms with Crippen molar-refractivity contribution in [3.63, 3.8) is 0 Å². The molecule has 9 heavy (non-hydrogen) atoms. The molecular formula is C7H14N2. The van der Waals surface area contributed by atoms with Crippen molar-refractivity contribution in [1.29, 1.82) is 0 Å². The molecule has 2 nitrogen and oxygen atoms in total. The van der Waals surface area contributed by atoms with Crippen molar-refractivity contribution in [2.24, 2.45) is 4.99 Å². The van der Waals surface area contributed by atoms with E-state index in [4.69, 9.17) is 0 Å². The Morgan fingerprint density at radius 1 is 1.44 bits per heavy atom. The molecule has 0 aromatic rings. The van der Waals surface area contributed by atoms with Crippen LogP contribution in [-0.2, 0) is 0 Å². The minimum absolute atomic E-state index is 0.172. The van der Waals surface area contributed by atoms with Crippen molar-refractivity contribution < 1.29 is 0 Å². The largest absolute Gasteiger partial charge is 0.317 e. The van der Waals surface area contributed by atoms with Crippen molar-refractivity contribution in [1.82, 2.24) is 5.32 Å². The normalized spacial score (nSPS) is 25.4. The number of hydrogen-bond acceptors (Lipinski definition) is 2. The molecule has 0 spiro atoms. The van der Waals surface area contributed by atoms with E-state index in [-0.39, 0.29) is 5.54 Å². The Balaban J connectivity index is 2.46. The summed E-state index contributed by atoms with van der Waals surface area (Å²) in [5.41, 5.74) is 0.172. The van der Waals surface area contributed by atoms with E-state index in [1.807, 2.05) is 0 Å². The molecule has 1 N–H and O–H groups in total. The molecule has 0 unspecified atom stereocenters. The molecule has 1 aliphatic rings. The first-order valence-corrected chi connectivity index (χ1v) is 3.45. The molecule has 0 aromatic heterocycles. The molecule has 0 aliphatic carbocycles. The van der Waals surface area contributed by atoms with Gasteiger partial charge in [0.2, 0.25) is 0 Å². The van der Waals surface area contributed by atoms with Crippen LogP contribution in [0.1, 0.15) is 19.8 Å². The van der Waals surface area contributed by atoms with Gasteiger partial charge in [-0.2, -0.15) is 0 Å². The summed E-state index contributed by atoms with van der Waals surface area (Å²) >= 11 is 0. The summed E-state index contributed by atoms with van der Waals surface area (Å²) in [6.45, 7) is 7.93. The summed E-state index contributed by atoms with van der Waals surface area (Å²) < 4.78 is 0. The summed E-state index contributed by atoms with van der Waals surface area (Å²) in [4.78, 5) is 4.09. The molecule has 1 heterocycles. The van der Waals surface area contributed by atoms with E-state index in [1.165, 1.54) is 0 Å². The second-order valence-electron chi connectivity index (χ2n) is 2.91. The van der Waals surface area contributed by atoms with Crippen LogP contribution in [0.4, 0.5) is 0 Å². The highest BCUT2D eigenvalue weighted by Gasteiger charge is 2.23. The molecule has 0 radical (unpaired) electrons. The Hall–Kier alpha value is -0.370. The fourth-order valence-electron chi connectivity index (χ4n) is 1.12. The topological polar surface area (TPSA) is 24.4 Å². The van der Waals surface area contributed by atoms with Crippen LogP contribution in [0.15, 0.2) is 4.99 Å². The average Bonchev–Trinajstić information content (AvgIpc) is 1.90. The molecular weight excluding hydrogens is 112 g/mol. The second-order valence-corrected chi connectivity index (χ2v) is 2.91. The van der Waals surface area contributed by atoms with Crippen molar-refractivity contribution in [3.05, 3.63) is 0 Å². The maximum absolute atomic E-state index is 4.09. The van der Waals surface area contributed by atoms with E-state index in [0.29, 0.717) is 0 Å². The highest BCUT2D eigenvalue weighted by Crippen LogP contribution is 2.20. The Morgan fingerprint density at radius 2 is 2.00 bits per heavy atom. The van der Waals surface area contributed by atoms with Gasteiger partial charge in [0.25, 0.3) is 0 Å².